The lowest BCUT2D eigenvalue weighted by Gasteiger charge is -2.08. The number of fused-ring (bicyclic) bond motifs is 1. The van der Waals surface area contributed by atoms with Crippen molar-refractivity contribution in [1.82, 2.24) is 0 Å². The van der Waals surface area contributed by atoms with Crippen molar-refractivity contribution >= 4 is 68.4 Å². The van der Waals surface area contributed by atoms with Crippen LogP contribution in [0.15, 0.2) is 70.0 Å². The minimum Gasteiger partial charge on any atom is -0.323 e. The summed E-state index contributed by atoms with van der Waals surface area (Å²) in [6.07, 6.45) is 0.530. The molecule has 0 aliphatic carbocycles. The second-order valence-electron chi connectivity index (χ2n) is 6.17. The fourth-order valence-electron chi connectivity index (χ4n) is 2.75. The van der Waals surface area contributed by atoms with E-state index in [4.69, 9.17) is 21.6 Å². The summed E-state index contributed by atoms with van der Waals surface area (Å²) < 4.78 is 13.9. The number of thioether (sulfide) groups is 1. The highest BCUT2D eigenvalue weighted by Gasteiger charge is 2.17. The SMILES string of the molecule is O=C(CSC1=Nc2ccccc2N=C(c2cccs2)C1)Nc1ccc(Cl)cc1F. The second kappa shape index (κ2) is 8.90. The van der Waals surface area contributed by atoms with Crippen LogP contribution < -0.4 is 5.32 Å². The molecule has 8 heteroatoms. The molecule has 4 nitrogen and oxygen atoms in total. The van der Waals surface area contributed by atoms with Gasteiger partial charge in [0.25, 0.3) is 0 Å². The summed E-state index contributed by atoms with van der Waals surface area (Å²) in [5.74, 6) is -0.768. The Kier molecular flexibility index (Phi) is 6.08. The monoisotopic (exact) mass is 443 g/mol. The number of hydrogen-bond acceptors (Lipinski definition) is 5. The van der Waals surface area contributed by atoms with Gasteiger partial charge in [-0.05, 0) is 41.8 Å². The average molecular weight is 444 g/mol. The number of carbonyl (C=O) groups excluding carboxylic acids is 1. The molecule has 0 spiro atoms. The highest BCUT2D eigenvalue weighted by atomic mass is 35.5. The lowest BCUT2D eigenvalue weighted by molar-refractivity contribution is -0.113. The molecule has 3 aromatic rings. The van der Waals surface area contributed by atoms with E-state index in [1.54, 1.807) is 11.3 Å². The van der Waals surface area contributed by atoms with E-state index >= 15 is 0 Å². The molecule has 4 rings (SSSR count). The van der Waals surface area contributed by atoms with E-state index in [1.807, 2.05) is 41.8 Å². The van der Waals surface area contributed by atoms with Crippen molar-refractivity contribution in [2.75, 3.05) is 11.1 Å². The van der Waals surface area contributed by atoms with Gasteiger partial charge < -0.3 is 5.32 Å². The minimum atomic E-state index is -0.566. The van der Waals surface area contributed by atoms with Gasteiger partial charge in [-0.3, -0.25) is 4.79 Å². The molecule has 0 atom stereocenters. The zero-order valence-electron chi connectivity index (χ0n) is 15.1. The van der Waals surface area contributed by atoms with Crippen LogP contribution in [0, 0.1) is 5.82 Å². The third-order valence-corrected chi connectivity index (χ3v) is 6.21. The van der Waals surface area contributed by atoms with Crippen molar-refractivity contribution in [2.24, 2.45) is 9.98 Å². The smallest absolute Gasteiger partial charge is 0.234 e. The van der Waals surface area contributed by atoms with Crippen molar-refractivity contribution in [3.05, 3.63) is 75.7 Å². The Morgan fingerprint density at radius 2 is 1.93 bits per heavy atom. The van der Waals surface area contributed by atoms with E-state index in [-0.39, 0.29) is 22.4 Å². The first-order valence-electron chi connectivity index (χ1n) is 8.74. The molecule has 1 N–H and O–H groups in total. The van der Waals surface area contributed by atoms with E-state index in [2.05, 4.69) is 5.32 Å². The number of nitrogens with one attached hydrogen (secondary N) is 1. The Morgan fingerprint density at radius 1 is 1.14 bits per heavy atom. The highest BCUT2D eigenvalue weighted by Crippen LogP contribution is 2.34. The molecule has 29 heavy (non-hydrogen) atoms. The molecule has 1 amide bonds. The van der Waals surface area contributed by atoms with E-state index in [0.717, 1.165) is 27.0 Å². The van der Waals surface area contributed by atoms with Gasteiger partial charge in [-0.1, -0.05) is 29.8 Å². The number of para-hydroxylation sites is 2. The summed E-state index contributed by atoms with van der Waals surface area (Å²) >= 11 is 8.69. The van der Waals surface area contributed by atoms with Gasteiger partial charge in [0.15, 0.2) is 0 Å². The summed E-state index contributed by atoms with van der Waals surface area (Å²) in [5.41, 5.74) is 2.60. The molecule has 0 saturated heterocycles. The van der Waals surface area contributed by atoms with Crippen molar-refractivity contribution < 1.29 is 9.18 Å². The molecular weight excluding hydrogens is 429 g/mol. The van der Waals surface area contributed by atoms with Gasteiger partial charge in [-0.15, -0.1) is 23.1 Å². The Hall–Kier alpha value is -2.48. The van der Waals surface area contributed by atoms with Crippen LogP contribution in [-0.4, -0.2) is 22.4 Å². The predicted molar refractivity (Wildman–Crippen MR) is 121 cm³/mol. The third kappa shape index (κ3) is 4.93. The zero-order valence-corrected chi connectivity index (χ0v) is 17.5. The first-order valence-corrected chi connectivity index (χ1v) is 11.0. The maximum absolute atomic E-state index is 13.9. The fourth-order valence-corrected chi connectivity index (χ4v) is 4.39. The zero-order chi connectivity index (χ0) is 20.2. The van der Waals surface area contributed by atoms with Gasteiger partial charge in [-0.25, -0.2) is 14.4 Å². The first-order chi connectivity index (χ1) is 14.1. The van der Waals surface area contributed by atoms with Gasteiger partial charge in [-0.2, -0.15) is 0 Å². The summed E-state index contributed by atoms with van der Waals surface area (Å²) in [6.45, 7) is 0. The van der Waals surface area contributed by atoms with E-state index in [1.165, 1.54) is 30.0 Å². The average Bonchev–Trinajstić information content (AvgIpc) is 3.17. The van der Waals surface area contributed by atoms with Crippen molar-refractivity contribution in [1.29, 1.82) is 0 Å². The van der Waals surface area contributed by atoms with Gasteiger partial charge in [0, 0.05) is 16.3 Å². The lowest BCUT2D eigenvalue weighted by atomic mass is 10.2. The van der Waals surface area contributed by atoms with Crippen LogP contribution in [0.2, 0.25) is 5.02 Å². The van der Waals surface area contributed by atoms with E-state index < -0.39 is 5.82 Å². The third-order valence-electron chi connectivity index (χ3n) is 4.08. The summed E-state index contributed by atoms with van der Waals surface area (Å²) in [5, 5.41) is 5.65. The Bertz CT molecular complexity index is 1110. The van der Waals surface area contributed by atoms with Crippen LogP contribution >= 0.6 is 34.7 Å². The van der Waals surface area contributed by atoms with Gasteiger partial charge in [0.1, 0.15) is 5.82 Å². The Balaban J connectivity index is 1.50. The maximum atomic E-state index is 13.9. The van der Waals surface area contributed by atoms with Crippen LogP contribution in [0.4, 0.5) is 21.5 Å². The highest BCUT2D eigenvalue weighted by molar-refractivity contribution is 8.14. The van der Waals surface area contributed by atoms with Crippen molar-refractivity contribution in [3.8, 4) is 0 Å². The summed E-state index contributed by atoms with van der Waals surface area (Å²) in [6, 6.07) is 15.8. The van der Waals surface area contributed by atoms with Crippen LogP contribution in [0.5, 0.6) is 0 Å². The fraction of sp³-hybridized carbons (Fsp3) is 0.0952. The maximum Gasteiger partial charge on any atom is 0.234 e. The number of rotatable bonds is 4. The normalized spacial score (nSPS) is 13.2. The molecule has 1 aromatic heterocycles. The molecular formula is C21H15ClFN3OS2. The van der Waals surface area contributed by atoms with Crippen molar-refractivity contribution in [2.45, 2.75) is 6.42 Å². The second-order valence-corrected chi connectivity index (χ2v) is 8.60. The molecule has 1 aliphatic rings. The Morgan fingerprint density at radius 3 is 2.66 bits per heavy atom. The van der Waals surface area contributed by atoms with Crippen LogP contribution in [0.25, 0.3) is 0 Å². The van der Waals surface area contributed by atoms with Crippen LogP contribution in [-0.2, 0) is 4.79 Å². The quantitative estimate of drug-likeness (QED) is 0.502. The number of nitrogens with zero attached hydrogens (tertiary/aromatic N) is 2. The largest absolute Gasteiger partial charge is 0.323 e. The molecule has 0 fully saturated rings. The standard InChI is InChI=1S/C21H15ClFN3OS2/c22-13-7-8-15(14(23)10-13)25-20(27)12-29-21-11-18(19-6-3-9-28-19)24-16-4-1-2-5-17(16)26-21/h1-10H,11-12H2,(H,25,27). The Labute approximate surface area is 180 Å². The van der Waals surface area contributed by atoms with E-state index in [9.17, 15) is 9.18 Å². The molecule has 2 aromatic carbocycles. The van der Waals surface area contributed by atoms with Gasteiger partial charge in [0.05, 0.1) is 33.6 Å². The van der Waals surface area contributed by atoms with E-state index in [0.29, 0.717) is 6.42 Å². The minimum absolute atomic E-state index is 0.106. The molecule has 1 aliphatic heterocycles. The van der Waals surface area contributed by atoms with Crippen LogP contribution in [0.1, 0.15) is 11.3 Å². The first kappa shape index (κ1) is 19.8. The molecule has 2 heterocycles. The summed E-state index contributed by atoms with van der Waals surface area (Å²) in [7, 11) is 0. The number of benzene rings is 2. The summed E-state index contributed by atoms with van der Waals surface area (Å²) in [4.78, 5) is 22.9. The number of thiophene rings is 1. The van der Waals surface area contributed by atoms with Crippen molar-refractivity contribution in [3.63, 3.8) is 0 Å². The van der Waals surface area contributed by atoms with Gasteiger partial charge in [0.2, 0.25) is 5.91 Å². The molecule has 0 bridgehead atoms. The molecule has 146 valence electrons. The lowest BCUT2D eigenvalue weighted by Crippen LogP contribution is -2.17. The number of halogens is 2. The number of hydrogen-bond donors (Lipinski definition) is 1. The number of carbonyl (C=O) groups is 1. The van der Waals surface area contributed by atoms with Gasteiger partial charge >= 0.3 is 0 Å². The topological polar surface area (TPSA) is 53.8 Å². The predicted octanol–water partition coefficient (Wildman–Crippen LogP) is 6.47. The molecule has 0 saturated carbocycles. The van der Waals surface area contributed by atoms with Crippen LogP contribution in [0.3, 0.4) is 0 Å². The number of aliphatic imine (C=N–C) groups is 2. The number of amides is 1. The number of anilines is 1. The molecule has 0 radical (unpaired) electrons. The molecule has 0 unspecified atom stereocenters.